The number of alkyl halides is 3. The van der Waals surface area contributed by atoms with Gasteiger partial charge in [-0.2, -0.15) is 0 Å². The van der Waals surface area contributed by atoms with E-state index in [2.05, 4.69) is 20.0 Å². The van der Waals surface area contributed by atoms with Crippen molar-refractivity contribution < 1.29 is 22.3 Å². The van der Waals surface area contributed by atoms with Crippen LogP contribution in [0.25, 0.3) is 10.9 Å². The van der Waals surface area contributed by atoms with Crippen molar-refractivity contribution in [3.63, 3.8) is 0 Å². The third-order valence-electron chi connectivity index (χ3n) is 3.63. The molecule has 0 saturated carbocycles. The van der Waals surface area contributed by atoms with Crippen molar-refractivity contribution in [1.29, 1.82) is 0 Å². The lowest BCUT2D eigenvalue weighted by Gasteiger charge is -2.11. The highest BCUT2D eigenvalue weighted by Crippen LogP contribution is 2.23. The molecule has 8 heteroatoms. The summed E-state index contributed by atoms with van der Waals surface area (Å²) in [7, 11) is 0. The minimum absolute atomic E-state index is 0.256. The summed E-state index contributed by atoms with van der Waals surface area (Å²) in [6.45, 7) is 2.22. The van der Waals surface area contributed by atoms with Crippen LogP contribution in [0.3, 0.4) is 0 Å². The molecule has 1 heterocycles. The number of ether oxygens (including phenoxy) is 1. The molecule has 0 aliphatic carbocycles. The van der Waals surface area contributed by atoms with E-state index < -0.39 is 6.36 Å². The summed E-state index contributed by atoms with van der Waals surface area (Å²) in [4.78, 5) is 8.53. The van der Waals surface area contributed by atoms with Gasteiger partial charge >= 0.3 is 6.36 Å². The minimum Gasteiger partial charge on any atom is -0.406 e. The predicted molar refractivity (Wildman–Crippen MR) is 89.6 cm³/mol. The Morgan fingerprint density at radius 3 is 2.46 bits per heavy atom. The molecule has 136 valence electrons. The normalized spacial score (nSPS) is 11.6. The third kappa shape index (κ3) is 4.59. The zero-order chi connectivity index (χ0) is 18.7. The number of aromatic nitrogens is 2. The number of fused-ring (bicyclic) bond motifs is 1. The Morgan fingerprint density at radius 2 is 1.77 bits per heavy atom. The summed E-state index contributed by atoms with van der Waals surface area (Å²) in [6, 6.07) is 9.98. The van der Waals surface area contributed by atoms with E-state index in [4.69, 9.17) is 0 Å². The number of hydrogen-bond acceptors (Lipinski definition) is 4. The van der Waals surface area contributed by atoms with Crippen LogP contribution in [0, 0.1) is 12.7 Å². The molecular weight excluding hydrogens is 350 g/mol. The molecule has 3 rings (SSSR count). The fraction of sp³-hybridized carbons (Fsp3) is 0.222. The first-order valence-corrected chi connectivity index (χ1v) is 7.83. The average Bonchev–Trinajstić information content (AvgIpc) is 2.54. The molecule has 0 fully saturated rings. The van der Waals surface area contributed by atoms with Crippen LogP contribution in [0.15, 0.2) is 42.5 Å². The van der Waals surface area contributed by atoms with E-state index in [-0.39, 0.29) is 11.6 Å². The Morgan fingerprint density at radius 1 is 1.04 bits per heavy atom. The quantitative estimate of drug-likeness (QED) is 0.670. The fourth-order valence-corrected chi connectivity index (χ4v) is 2.54. The predicted octanol–water partition coefficient (Wildman–Crippen LogP) is 4.63. The van der Waals surface area contributed by atoms with E-state index in [1.807, 2.05) is 0 Å². The van der Waals surface area contributed by atoms with E-state index in [0.717, 1.165) is 5.56 Å². The van der Waals surface area contributed by atoms with Crippen LogP contribution < -0.4 is 10.1 Å². The van der Waals surface area contributed by atoms with Crippen LogP contribution in [0.5, 0.6) is 5.75 Å². The number of rotatable bonds is 5. The van der Waals surface area contributed by atoms with Crippen molar-refractivity contribution in [2.45, 2.75) is 19.7 Å². The molecule has 0 aliphatic heterocycles. The number of nitrogens with zero attached hydrogens (tertiary/aromatic N) is 2. The van der Waals surface area contributed by atoms with E-state index in [0.29, 0.717) is 35.5 Å². The van der Waals surface area contributed by atoms with Crippen molar-refractivity contribution in [2.75, 3.05) is 11.9 Å². The van der Waals surface area contributed by atoms with Gasteiger partial charge in [0.25, 0.3) is 0 Å². The maximum Gasteiger partial charge on any atom is 0.573 e. The van der Waals surface area contributed by atoms with E-state index >= 15 is 0 Å². The SMILES string of the molecule is Cc1nc(NCCc2ccc(OC(F)(F)F)cc2)c2ccc(F)cc2n1. The molecule has 26 heavy (non-hydrogen) atoms. The number of aryl methyl sites for hydroxylation is 1. The fourth-order valence-electron chi connectivity index (χ4n) is 2.54. The summed E-state index contributed by atoms with van der Waals surface area (Å²) in [5.41, 5.74) is 1.35. The number of anilines is 1. The van der Waals surface area contributed by atoms with Gasteiger partial charge < -0.3 is 10.1 Å². The zero-order valence-electron chi connectivity index (χ0n) is 13.8. The Hall–Kier alpha value is -2.90. The summed E-state index contributed by atoms with van der Waals surface area (Å²) in [6.07, 6.45) is -4.13. The van der Waals surface area contributed by atoms with E-state index in [1.54, 1.807) is 25.1 Å². The molecule has 0 atom stereocenters. The Bertz CT molecular complexity index is 905. The first kappa shape index (κ1) is 17.9. The molecule has 0 unspecified atom stereocenters. The summed E-state index contributed by atoms with van der Waals surface area (Å²) < 4.78 is 53.6. The lowest BCUT2D eigenvalue weighted by atomic mass is 10.1. The van der Waals surface area contributed by atoms with E-state index in [9.17, 15) is 17.6 Å². The van der Waals surface area contributed by atoms with Crippen LogP contribution in [-0.2, 0) is 6.42 Å². The second kappa shape index (κ2) is 7.15. The molecule has 0 amide bonds. The molecule has 0 bridgehead atoms. The lowest BCUT2D eigenvalue weighted by molar-refractivity contribution is -0.274. The first-order chi connectivity index (χ1) is 12.3. The molecule has 3 aromatic rings. The first-order valence-electron chi connectivity index (χ1n) is 7.83. The van der Waals surface area contributed by atoms with Crippen LogP contribution in [0.2, 0.25) is 0 Å². The molecule has 1 N–H and O–H groups in total. The monoisotopic (exact) mass is 365 g/mol. The zero-order valence-corrected chi connectivity index (χ0v) is 13.8. The molecule has 0 saturated heterocycles. The summed E-state index contributed by atoms with van der Waals surface area (Å²) >= 11 is 0. The van der Waals surface area contributed by atoms with Crippen molar-refractivity contribution in [3.05, 3.63) is 59.7 Å². The summed E-state index contributed by atoms with van der Waals surface area (Å²) in [5.74, 6) is 0.472. The van der Waals surface area contributed by atoms with Gasteiger partial charge in [0, 0.05) is 18.0 Å². The third-order valence-corrected chi connectivity index (χ3v) is 3.63. The lowest BCUT2D eigenvalue weighted by Crippen LogP contribution is -2.17. The molecule has 0 radical (unpaired) electrons. The average molecular weight is 365 g/mol. The molecule has 4 nitrogen and oxygen atoms in total. The van der Waals surface area contributed by atoms with Gasteiger partial charge in [-0.05, 0) is 43.2 Å². The van der Waals surface area contributed by atoms with Gasteiger partial charge in [0.15, 0.2) is 0 Å². The highest BCUT2D eigenvalue weighted by atomic mass is 19.4. The largest absolute Gasteiger partial charge is 0.573 e. The number of nitrogens with one attached hydrogen (secondary N) is 1. The van der Waals surface area contributed by atoms with Gasteiger partial charge in [-0.3, -0.25) is 0 Å². The van der Waals surface area contributed by atoms with Gasteiger partial charge in [-0.25, -0.2) is 14.4 Å². The number of hydrogen-bond donors (Lipinski definition) is 1. The molecule has 0 spiro atoms. The molecule has 0 aliphatic rings. The Labute approximate surface area is 146 Å². The van der Waals surface area contributed by atoms with Crippen molar-refractivity contribution in [2.24, 2.45) is 0 Å². The van der Waals surface area contributed by atoms with Gasteiger partial charge in [-0.15, -0.1) is 13.2 Å². The topological polar surface area (TPSA) is 47.0 Å². The van der Waals surface area contributed by atoms with Crippen molar-refractivity contribution in [3.8, 4) is 5.75 Å². The van der Waals surface area contributed by atoms with Crippen molar-refractivity contribution in [1.82, 2.24) is 9.97 Å². The Kier molecular flexibility index (Phi) is 4.92. The number of halogens is 4. The highest BCUT2D eigenvalue weighted by Gasteiger charge is 2.30. The van der Waals surface area contributed by atoms with Gasteiger partial charge in [0.1, 0.15) is 23.2 Å². The van der Waals surface area contributed by atoms with Crippen LogP contribution in [-0.4, -0.2) is 22.9 Å². The smallest absolute Gasteiger partial charge is 0.406 e. The van der Waals surface area contributed by atoms with Crippen LogP contribution in [0.4, 0.5) is 23.4 Å². The standard InChI is InChI=1S/C18H15F4N3O/c1-11-24-16-10-13(19)4-7-15(16)17(25-11)23-9-8-12-2-5-14(6-3-12)26-18(20,21)22/h2-7,10H,8-9H2,1H3,(H,23,24,25). The van der Waals surface area contributed by atoms with Crippen LogP contribution in [0.1, 0.15) is 11.4 Å². The van der Waals surface area contributed by atoms with E-state index in [1.165, 1.54) is 24.3 Å². The van der Waals surface area contributed by atoms with Crippen molar-refractivity contribution >= 4 is 16.7 Å². The maximum atomic E-state index is 13.3. The second-order valence-corrected chi connectivity index (χ2v) is 5.65. The molecule has 2 aromatic carbocycles. The van der Waals surface area contributed by atoms with Gasteiger partial charge in [0.2, 0.25) is 0 Å². The van der Waals surface area contributed by atoms with Gasteiger partial charge in [0.05, 0.1) is 5.52 Å². The highest BCUT2D eigenvalue weighted by molar-refractivity contribution is 5.89. The second-order valence-electron chi connectivity index (χ2n) is 5.65. The minimum atomic E-state index is -4.70. The molecule has 1 aromatic heterocycles. The Balaban J connectivity index is 1.66. The molecular formula is C18H15F4N3O. The maximum absolute atomic E-state index is 13.3. The van der Waals surface area contributed by atoms with Crippen LogP contribution >= 0.6 is 0 Å². The van der Waals surface area contributed by atoms with Gasteiger partial charge in [-0.1, -0.05) is 12.1 Å². The number of benzene rings is 2. The summed E-state index contributed by atoms with van der Waals surface area (Å²) in [5, 5.41) is 3.86.